The summed E-state index contributed by atoms with van der Waals surface area (Å²) in [6.45, 7) is 3.55. The number of nitrogens with one attached hydrogen (secondary N) is 2. The number of carbonyl (C=O) groups is 1. The molecule has 3 nitrogen and oxygen atoms in total. The van der Waals surface area contributed by atoms with Crippen LogP contribution in [-0.4, -0.2) is 12.5 Å². The van der Waals surface area contributed by atoms with Gasteiger partial charge in [0.05, 0.1) is 6.54 Å². The monoisotopic (exact) mass is 302 g/mol. The summed E-state index contributed by atoms with van der Waals surface area (Å²) in [7, 11) is 0. The molecule has 0 radical (unpaired) electrons. The molecule has 2 rings (SSSR count). The zero-order chi connectivity index (χ0) is 15.1. The number of aryl methyl sites for hydroxylation is 1. The molecule has 1 amide bonds. The van der Waals surface area contributed by atoms with Crippen molar-refractivity contribution in [1.82, 2.24) is 10.6 Å². The quantitative estimate of drug-likeness (QED) is 0.861. The first-order valence-corrected chi connectivity index (χ1v) is 7.29. The highest BCUT2D eigenvalue weighted by molar-refractivity contribution is 6.30. The summed E-state index contributed by atoms with van der Waals surface area (Å²) in [5.41, 5.74) is 3.43. The molecule has 2 aromatic rings. The van der Waals surface area contributed by atoms with Crippen molar-refractivity contribution < 1.29 is 4.79 Å². The summed E-state index contributed by atoms with van der Waals surface area (Å²) in [5.74, 6) is -0.0245. The highest BCUT2D eigenvalue weighted by Crippen LogP contribution is 2.10. The van der Waals surface area contributed by atoms with Crippen LogP contribution in [0.2, 0.25) is 5.02 Å². The van der Waals surface area contributed by atoms with Crippen LogP contribution in [0.3, 0.4) is 0 Å². The van der Waals surface area contributed by atoms with Crippen molar-refractivity contribution in [3.05, 3.63) is 70.2 Å². The summed E-state index contributed by atoms with van der Waals surface area (Å²) in [4.78, 5) is 11.8. The minimum absolute atomic E-state index is 0.0245. The molecule has 0 fully saturated rings. The van der Waals surface area contributed by atoms with Gasteiger partial charge in [0.15, 0.2) is 0 Å². The van der Waals surface area contributed by atoms with E-state index in [1.54, 1.807) is 0 Å². The van der Waals surface area contributed by atoms with Gasteiger partial charge in [0.25, 0.3) is 0 Å². The van der Waals surface area contributed by atoms with E-state index in [1.807, 2.05) is 36.4 Å². The third-order valence-corrected chi connectivity index (χ3v) is 3.48. The molecule has 21 heavy (non-hydrogen) atoms. The normalized spacial score (nSPS) is 10.4. The van der Waals surface area contributed by atoms with Crippen molar-refractivity contribution in [2.45, 2.75) is 20.0 Å². The standard InChI is InChI=1S/C17H19ClN2O/c1-13-5-2-3-7-15(13)11-19-12-17(21)20-10-14-6-4-8-16(18)9-14/h2-9,19H,10-12H2,1H3,(H,20,21). The van der Waals surface area contributed by atoms with Crippen molar-refractivity contribution in [1.29, 1.82) is 0 Å². The second-order valence-electron chi connectivity index (χ2n) is 4.94. The summed E-state index contributed by atoms with van der Waals surface area (Å²) in [6, 6.07) is 15.6. The number of rotatable bonds is 6. The number of hydrogen-bond acceptors (Lipinski definition) is 2. The van der Waals surface area contributed by atoms with Crippen LogP contribution in [0.15, 0.2) is 48.5 Å². The number of benzene rings is 2. The van der Waals surface area contributed by atoms with Gasteiger partial charge in [0.1, 0.15) is 0 Å². The Bertz CT molecular complexity index is 613. The molecule has 0 saturated heterocycles. The van der Waals surface area contributed by atoms with Gasteiger partial charge in [0.2, 0.25) is 5.91 Å². The van der Waals surface area contributed by atoms with Gasteiger partial charge in [-0.2, -0.15) is 0 Å². The van der Waals surface area contributed by atoms with Crippen LogP contribution in [0, 0.1) is 6.92 Å². The van der Waals surface area contributed by atoms with Gasteiger partial charge >= 0.3 is 0 Å². The van der Waals surface area contributed by atoms with Crippen molar-refractivity contribution in [3.63, 3.8) is 0 Å². The van der Waals surface area contributed by atoms with Crippen molar-refractivity contribution >= 4 is 17.5 Å². The van der Waals surface area contributed by atoms with Crippen LogP contribution in [0.5, 0.6) is 0 Å². The van der Waals surface area contributed by atoms with E-state index in [1.165, 1.54) is 11.1 Å². The Balaban J connectivity index is 1.72. The van der Waals surface area contributed by atoms with Crippen molar-refractivity contribution in [3.8, 4) is 0 Å². The maximum atomic E-state index is 11.8. The van der Waals surface area contributed by atoms with Gasteiger partial charge in [-0.25, -0.2) is 0 Å². The summed E-state index contributed by atoms with van der Waals surface area (Å²) in [5, 5.41) is 6.70. The molecule has 2 aromatic carbocycles. The second-order valence-corrected chi connectivity index (χ2v) is 5.37. The van der Waals surface area contributed by atoms with E-state index in [9.17, 15) is 4.79 Å². The Kier molecular flexibility index (Phi) is 5.78. The van der Waals surface area contributed by atoms with Gasteiger partial charge in [-0.05, 0) is 35.7 Å². The molecule has 0 aliphatic heterocycles. The highest BCUT2D eigenvalue weighted by Gasteiger charge is 2.02. The largest absolute Gasteiger partial charge is 0.351 e. The summed E-state index contributed by atoms with van der Waals surface area (Å²) in [6.07, 6.45) is 0. The molecule has 0 saturated carbocycles. The first kappa shape index (κ1) is 15.5. The topological polar surface area (TPSA) is 41.1 Å². The van der Waals surface area contributed by atoms with Crippen molar-refractivity contribution in [2.75, 3.05) is 6.54 Å². The van der Waals surface area contributed by atoms with E-state index in [-0.39, 0.29) is 5.91 Å². The molecule has 0 aliphatic carbocycles. The predicted molar refractivity (Wildman–Crippen MR) is 86.2 cm³/mol. The van der Waals surface area contributed by atoms with E-state index in [2.05, 4.69) is 29.7 Å². The molecule has 2 N–H and O–H groups in total. The van der Waals surface area contributed by atoms with E-state index < -0.39 is 0 Å². The lowest BCUT2D eigenvalue weighted by molar-refractivity contribution is -0.120. The smallest absolute Gasteiger partial charge is 0.234 e. The minimum atomic E-state index is -0.0245. The third kappa shape index (κ3) is 5.21. The second kappa shape index (κ2) is 7.81. The first-order chi connectivity index (χ1) is 10.1. The fraction of sp³-hybridized carbons (Fsp3) is 0.235. The van der Waals surface area contributed by atoms with Crippen LogP contribution >= 0.6 is 11.6 Å². The average molecular weight is 303 g/mol. The molecule has 0 atom stereocenters. The van der Waals surface area contributed by atoms with Gasteiger partial charge in [0, 0.05) is 18.1 Å². The van der Waals surface area contributed by atoms with Crippen LogP contribution < -0.4 is 10.6 Å². The van der Waals surface area contributed by atoms with E-state index in [4.69, 9.17) is 11.6 Å². The Labute approximate surface area is 130 Å². The molecule has 4 heteroatoms. The van der Waals surface area contributed by atoms with Crippen LogP contribution in [0.1, 0.15) is 16.7 Å². The van der Waals surface area contributed by atoms with Gasteiger partial charge < -0.3 is 10.6 Å². The van der Waals surface area contributed by atoms with Crippen molar-refractivity contribution in [2.24, 2.45) is 0 Å². The lowest BCUT2D eigenvalue weighted by Crippen LogP contribution is -2.33. The van der Waals surface area contributed by atoms with Crippen LogP contribution in [-0.2, 0) is 17.9 Å². The highest BCUT2D eigenvalue weighted by atomic mass is 35.5. The average Bonchev–Trinajstić information content (AvgIpc) is 2.47. The lowest BCUT2D eigenvalue weighted by Gasteiger charge is -2.08. The lowest BCUT2D eigenvalue weighted by atomic mass is 10.1. The van der Waals surface area contributed by atoms with E-state index in [0.29, 0.717) is 24.7 Å². The van der Waals surface area contributed by atoms with Gasteiger partial charge in [-0.1, -0.05) is 48.0 Å². The Morgan fingerprint density at radius 2 is 1.90 bits per heavy atom. The number of carbonyl (C=O) groups excluding carboxylic acids is 1. The third-order valence-electron chi connectivity index (χ3n) is 3.24. The Morgan fingerprint density at radius 1 is 1.10 bits per heavy atom. The maximum absolute atomic E-state index is 11.8. The fourth-order valence-electron chi connectivity index (χ4n) is 2.03. The summed E-state index contributed by atoms with van der Waals surface area (Å²) >= 11 is 5.90. The molecular formula is C17H19ClN2O. The van der Waals surface area contributed by atoms with Crippen LogP contribution in [0.25, 0.3) is 0 Å². The van der Waals surface area contributed by atoms with E-state index >= 15 is 0 Å². The zero-order valence-corrected chi connectivity index (χ0v) is 12.8. The zero-order valence-electron chi connectivity index (χ0n) is 12.0. The Morgan fingerprint density at radius 3 is 2.67 bits per heavy atom. The minimum Gasteiger partial charge on any atom is -0.351 e. The summed E-state index contributed by atoms with van der Waals surface area (Å²) < 4.78 is 0. The molecule has 0 aromatic heterocycles. The molecule has 110 valence electrons. The predicted octanol–water partition coefficient (Wildman–Crippen LogP) is 3.05. The molecule has 0 heterocycles. The molecule has 0 unspecified atom stereocenters. The fourth-order valence-corrected chi connectivity index (χ4v) is 2.24. The van der Waals surface area contributed by atoms with Gasteiger partial charge in [-0.3, -0.25) is 4.79 Å². The maximum Gasteiger partial charge on any atom is 0.234 e. The molecule has 0 aliphatic rings. The Hall–Kier alpha value is -1.84. The SMILES string of the molecule is Cc1ccccc1CNCC(=O)NCc1cccc(Cl)c1. The molecule has 0 spiro atoms. The van der Waals surface area contributed by atoms with Gasteiger partial charge in [-0.15, -0.1) is 0 Å². The van der Waals surface area contributed by atoms with Crippen LogP contribution in [0.4, 0.5) is 0 Å². The molecule has 0 bridgehead atoms. The number of amides is 1. The first-order valence-electron chi connectivity index (χ1n) is 6.91. The molecular weight excluding hydrogens is 284 g/mol. The van der Waals surface area contributed by atoms with E-state index in [0.717, 1.165) is 5.56 Å². The number of halogens is 1. The number of hydrogen-bond donors (Lipinski definition) is 2.